The van der Waals surface area contributed by atoms with Crippen LogP contribution >= 0.6 is 11.3 Å². The number of carbonyl (C=O) groups is 2. The van der Waals surface area contributed by atoms with Crippen LogP contribution < -0.4 is 10.6 Å². The Labute approximate surface area is 156 Å². The van der Waals surface area contributed by atoms with E-state index in [1.165, 1.54) is 11.3 Å². The molecule has 3 rings (SSSR count). The van der Waals surface area contributed by atoms with Gasteiger partial charge in [-0.2, -0.15) is 0 Å². The Morgan fingerprint density at radius 2 is 1.81 bits per heavy atom. The molecule has 0 saturated heterocycles. The molecule has 2 atom stereocenters. The molecule has 26 heavy (non-hydrogen) atoms. The van der Waals surface area contributed by atoms with Gasteiger partial charge in [-0.15, -0.1) is 11.3 Å². The molecule has 2 unspecified atom stereocenters. The minimum atomic E-state index is -0.614. The molecule has 0 fully saturated rings. The zero-order valence-corrected chi connectivity index (χ0v) is 15.8. The van der Waals surface area contributed by atoms with Crippen LogP contribution in [0.3, 0.4) is 0 Å². The molecule has 2 N–H and O–H groups in total. The summed E-state index contributed by atoms with van der Waals surface area (Å²) < 4.78 is 5.81. The van der Waals surface area contributed by atoms with E-state index < -0.39 is 6.04 Å². The molecule has 0 saturated carbocycles. The lowest BCUT2D eigenvalue weighted by Crippen LogP contribution is -2.50. The van der Waals surface area contributed by atoms with E-state index in [1.807, 2.05) is 62.5 Å². The zero-order valence-electron chi connectivity index (χ0n) is 15.0. The van der Waals surface area contributed by atoms with Crippen LogP contribution in [-0.4, -0.2) is 17.9 Å². The molecular weight excluding hydrogens is 348 g/mol. The summed E-state index contributed by atoms with van der Waals surface area (Å²) >= 11 is 1.35. The standard InChI is InChI=1S/C20H22N2O3S/c1-12(2)18(22-19(23)17-9-6-10-26-17)20(24)21-13(3)16-11-14-7-4-5-8-15(14)25-16/h4-13,18H,1-3H3,(H,21,24)(H,22,23). The van der Waals surface area contributed by atoms with Gasteiger partial charge in [0.25, 0.3) is 5.91 Å². The van der Waals surface area contributed by atoms with Crippen molar-refractivity contribution < 1.29 is 14.0 Å². The molecule has 0 aliphatic rings. The molecule has 0 aliphatic carbocycles. The van der Waals surface area contributed by atoms with E-state index in [4.69, 9.17) is 4.42 Å². The largest absolute Gasteiger partial charge is 0.459 e. The van der Waals surface area contributed by atoms with E-state index >= 15 is 0 Å². The second kappa shape index (κ2) is 7.74. The Bertz CT molecular complexity index is 866. The molecule has 0 aliphatic heterocycles. The second-order valence-corrected chi connectivity index (χ2v) is 7.54. The molecule has 6 heteroatoms. The summed E-state index contributed by atoms with van der Waals surface area (Å²) in [6.45, 7) is 5.68. The fraction of sp³-hybridized carbons (Fsp3) is 0.300. The number of fused-ring (bicyclic) bond motifs is 1. The quantitative estimate of drug-likeness (QED) is 0.685. The fourth-order valence-corrected chi connectivity index (χ4v) is 3.37. The highest BCUT2D eigenvalue weighted by Crippen LogP contribution is 2.23. The molecule has 3 aromatic rings. The summed E-state index contributed by atoms with van der Waals surface area (Å²) in [5.74, 6) is 0.191. The van der Waals surface area contributed by atoms with Crippen molar-refractivity contribution in [2.75, 3.05) is 0 Å². The van der Waals surface area contributed by atoms with Crippen LogP contribution in [0.5, 0.6) is 0 Å². The highest BCUT2D eigenvalue weighted by atomic mass is 32.1. The van der Waals surface area contributed by atoms with Crippen molar-refractivity contribution >= 4 is 34.1 Å². The van der Waals surface area contributed by atoms with Crippen molar-refractivity contribution in [1.29, 1.82) is 0 Å². The minimum Gasteiger partial charge on any atom is -0.459 e. The van der Waals surface area contributed by atoms with Crippen molar-refractivity contribution in [3.8, 4) is 0 Å². The zero-order chi connectivity index (χ0) is 18.7. The van der Waals surface area contributed by atoms with Crippen LogP contribution in [0.4, 0.5) is 0 Å². The molecular formula is C20H22N2O3S. The van der Waals surface area contributed by atoms with Crippen molar-refractivity contribution in [2.45, 2.75) is 32.9 Å². The maximum Gasteiger partial charge on any atom is 0.262 e. The van der Waals surface area contributed by atoms with E-state index in [0.717, 1.165) is 11.0 Å². The third-order valence-corrected chi connectivity index (χ3v) is 5.08. The number of hydrogen-bond donors (Lipinski definition) is 2. The average Bonchev–Trinajstić information content (AvgIpc) is 3.28. The van der Waals surface area contributed by atoms with Gasteiger partial charge in [-0.05, 0) is 36.4 Å². The Hall–Kier alpha value is -2.60. The summed E-state index contributed by atoms with van der Waals surface area (Å²) in [7, 11) is 0. The summed E-state index contributed by atoms with van der Waals surface area (Å²) in [5, 5.41) is 8.61. The summed E-state index contributed by atoms with van der Waals surface area (Å²) in [4.78, 5) is 25.6. The van der Waals surface area contributed by atoms with Crippen LogP contribution in [-0.2, 0) is 4.79 Å². The van der Waals surface area contributed by atoms with Gasteiger partial charge in [0.15, 0.2) is 0 Å². The number of para-hydroxylation sites is 1. The molecule has 0 radical (unpaired) electrons. The summed E-state index contributed by atoms with van der Waals surface area (Å²) in [5.41, 5.74) is 0.787. The van der Waals surface area contributed by atoms with Gasteiger partial charge in [-0.3, -0.25) is 9.59 Å². The first-order valence-electron chi connectivity index (χ1n) is 8.59. The lowest BCUT2D eigenvalue weighted by molar-refractivity contribution is -0.124. The van der Waals surface area contributed by atoms with Crippen LogP contribution in [0.2, 0.25) is 0 Å². The monoisotopic (exact) mass is 370 g/mol. The van der Waals surface area contributed by atoms with Crippen LogP contribution in [0.1, 0.15) is 42.2 Å². The van der Waals surface area contributed by atoms with Crippen molar-refractivity contribution in [3.63, 3.8) is 0 Å². The third-order valence-electron chi connectivity index (χ3n) is 4.21. The summed E-state index contributed by atoms with van der Waals surface area (Å²) in [6, 6.07) is 12.3. The van der Waals surface area contributed by atoms with Gasteiger partial charge in [0, 0.05) is 5.39 Å². The highest BCUT2D eigenvalue weighted by Gasteiger charge is 2.27. The molecule has 2 heterocycles. The smallest absolute Gasteiger partial charge is 0.262 e. The minimum absolute atomic E-state index is 0.0400. The molecule has 136 valence electrons. The predicted octanol–water partition coefficient (Wildman–Crippen LogP) is 4.13. The Morgan fingerprint density at radius 1 is 1.04 bits per heavy atom. The number of thiophene rings is 1. The van der Waals surface area contributed by atoms with Gasteiger partial charge in [-0.1, -0.05) is 38.1 Å². The van der Waals surface area contributed by atoms with Gasteiger partial charge in [0.2, 0.25) is 5.91 Å². The number of nitrogens with one attached hydrogen (secondary N) is 2. The van der Waals surface area contributed by atoms with Gasteiger partial charge in [-0.25, -0.2) is 0 Å². The number of furan rings is 1. The SMILES string of the molecule is CC(NC(=O)C(NC(=O)c1cccs1)C(C)C)c1cc2ccccc2o1. The highest BCUT2D eigenvalue weighted by molar-refractivity contribution is 7.12. The summed E-state index contributed by atoms with van der Waals surface area (Å²) in [6.07, 6.45) is 0. The van der Waals surface area contributed by atoms with E-state index in [9.17, 15) is 9.59 Å². The lowest BCUT2D eigenvalue weighted by Gasteiger charge is -2.23. The van der Waals surface area contributed by atoms with Crippen LogP contribution in [0, 0.1) is 5.92 Å². The van der Waals surface area contributed by atoms with Crippen LogP contribution in [0.15, 0.2) is 52.3 Å². The predicted molar refractivity (Wildman–Crippen MR) is 103 cm³/mol. The molecule has 5 nitrogen and oxygen atoms in total. The molecule has 0 spiro atoms. The van der Waals surface area contributed by atoms with Gasteiger partial charge in [0.05, 0.1) is 10.9 Å². The Morgan fingerprint density at radius 3 is 2.46 bits per heavy atom. The first-order chi connectivity index (χ1) is 12.5. The van der Waals surface area contributed by atoms with Crippen molar-refractivity contribution in [1.82, 2.24) is 10.6 Å². The number of rotatable bonds is 6. The van der Waals surface area contributed by atoms with Gasteiger partial charge in [0.1, 0.15) is 17.4 Å². The first-order valence-corrected chi connectivity index (χ1v) is 9.47. The van der Waals surface area contributed by atoms with E-state index in [-0.39, 0.29) is 23.8 Å². The van der Waals surface area contributed by atoms with Gasteiger partial charge < -0.3 is 15.1 Å². The van der Waals surface area contributed by atoms with Crippen LogP contribution in [0.25, 0.3) is 11.0 Å². The van der Waals surface area contributed by atoms with E-state index in [1.54, 1.807) is 6.07 Å². The van der Waals surface area contributed by atoms with Crippen molar-refractivity contribution in [2.24, 2.45) is 5.92 Å². The normalized spacial score (nSPS) is 13.5. The molecule has 2 amide bonds. The number of hydrogen-bond acceptors (Lipinski definition) is 4. The van der Waals surface area contributed by atoms with E-state index in [2.05, 4.69) is 10.6 Å². The van der Waals surface area contributed by atoms with Crippen molar-refractivity contribution in [3.05, 3.63) is 58.5 Å². The van der Waals surface area contributed by atoms with E-state index in [0.29, 0.717) is 10.6 Å². The van der Waals surface area contributed by atoms with Gasteiger partial charge >= 0.3 is 0 Å². The first kappa shape index (κ1) is 18.2. The fourth-order valence-electron chi connectivity index (χ4n) is 2.75. The Balaban J connectivity index is 1.69. The maximum absolute atomic E-state index is 12.7. The average molecular weight is 370 g/mol. The number of amides is 2. The number of carbonyl (C=O) groups excluding carboxylic acids is 2. The number of benzene rings is 1. The third kappa shape index (κ3) is 3.96. The lowest BCUT2D eigenvalue weighted by atomic mass is 10.0. The Kier molecular flexibility index (Phi) is 5.42. The second-order valence-electron chi connectivity index (χ2n) is 6.59. The molecule has 1 aromatic carbocycles. The molecule has 0 bridgehead atoms. The molecule has 2 aromatic heterocycles. The maximum atomic E-state index is 12.7. The topological polar surface area (TPSA) is 71.3 Å².